The van der Waals surface area contributed by atoms with E-state index < -0.39 is 4.92 Å². The Morgan fingerprint density at radius 2 is 1.55 bits per heavy atom. The first kappa shape index (κ1) is 20.2. The summed E-state index contributed by atoms with van der Waals surface area (Å²) in [6.07, 6.45) is 1.40. The molecule has 4 aromatic rings. The lowest BCUT2D eigenvalue weighted by Crippen LogP contribution is -2.00. The molecule has 0 saturated carbocycles. The maximum Gasteiger partial charge on any atom is 0.270 e. The van der Waals surface area contributed by atoms with Gasteiger partial charge in [-0.15, -0.1) is 0 Å². The van der Waals surface area contributed by atoms with E-state index in [-0.39, 0.29) is 22.9 Å². The number of hydrogen-bond donors (Lipinski definition) is 1. The minimum Gasteiger partial charge on any atom is -0.507 e. The molecule has 2 aromatic heterocycles. The van der Waals surface area contributed by atoms with Gasteiger partial charge in [-0.1, -0.05) is 12.1 Å². The number of phenols is 1. The van der Waals surface area contributed by atoms with E-state index in [0.717, 1.165) is 28.6 Å². The number of nitro groups is 1. The molecule has 0 aliphatic heterocycles. The van der Waals surface area contributed by atoms with Crippen LogP contribution in [0.1, 0.15) is 40.1 Å². The number of rotatable bonds is 6. The molecule has 2 aromatic carbocycles. The van der Waals surface area contributed by atoms with Gasteiger partial charge < -0.3 is 13.9 Å². The molecule has 0 fully saturated rings. The van der Waals surface area contributed by atoms with Gasteiger partial charge in [0.1, 0.15) is 34.7 Å². The SMILES string of the molecule is Cc1ccc(C(c2ccc(N=Cc3cc([N+](=O)[O-])ccc3O)cc2)c2ccc(C)o2)o1. The zero-order valence-electron chi connectivity index (χ0n) is 17.0. The topological polar surface area (TPSA) is 102 Å². The number of aryl methyl sites for hydroxylation is 2. The number of hydrogen-bond acceptors (Lipinski definition) is 6. The van der Waals surface area contributed by atoms with Crippen LogP contribution in [0.5, 0.6) is 5.75 Å². The van der Waals surface area contributed by atoms with Crippen molar-refractivity contribution >= 4 is 17.6 Å². The van der Waals surface area contributed by atoms with E-state index in [4.69, 9.17) is 8.83 Å². The van der Waals surface area contributed by atoms with Gasteiger partial charge in [0.05, 0.1) is 10.6 Å². The Hall–Kier alpha value is -4.13. The van der Waals surface area contributed by atoms with Gasteiger partial charge in [-0.3, -0.25) is 15.1 Å². The van der Waals surface area contributed by atoms with Crippen molar-refractivity contribution in [2.75, 3.05) is 0 Å². The van der Waals surface area contributed by atoms with E-state index in [0.29, 0.717) is 5.69 Å². The lowest BCUT2D eigenvalue weighted by atomic mass is 9.94. The second-order valence-corrected chi connectivity index (χ2v) is 7.18. The quantitative estimate of drug-likeness (QED) is 0.235. The van der Waals surface area contributed by atoms with Crippen LogP contribution in [0.4, 0.5) is 11.4 Å². The maximum absolute atomic E-state index is 10.9. The van der Waals surface area contributed by atoms with Gasteiger partial charge in [-0.05, 0) is 61.9 Å². The number of nitro benzene ring substituents is 1. The molecule has 0 spiro atoms. The van der Waals surface area contributed by atoms with Crippen molar-refractivity contribution in [3.05, 3.63) is 111 Å². The summed E-state index contributed by atoms with van der Waals surface area (Å²) >= 11 is 0. The Kier molecular flexibility index (Phi) is 5.41. The van der Waals surface area contributed by atoms with Crippen molar-refractivity contribution in [1.82, 2.24) is 0 Å². The third-order valence-electron chi connectivity index (χ3n) is 4.89. The molecule has 0 amide bonds. The van der Waals surface area contributed by atoms with Crippen molar-refractivity contribution in [2.24, 2.45) is 4.99 Å². The minimum atomic E-state index is -0.515. The van der Waals surface area contributed by atoms with Crippen LogP contribution in [-0.2, 0) is 0 Å². The fourth-order valence-corrected chi connectivity index (χ4v) is 3.34. The molecule has 31 heavy (non-hydrogen) atoms. The van der Waals surface area contributed by atoms with Crippen LogP contribution < -0.4 is 0 Å². The molecule has 1 N–H and O–H groups in total. The number of non-ortho nitro benzene ring substituents is 1. The molecule has 0 bridgehead atoms. The summed E-state index contributed by atoms with van der Waals surface area (Å²) < 4.78 is 11.7. The van der Waals surface area contributed by atoms with Crippen LogP contribution in [0, 0.1) is 24.0 Å². The second kappa shape index (κ2) is 8.31. The Morgan fingerprint density at radius 3 is 2.06 bits per heavy atom. The molecule has 0 atom stereocenters. The van der Waals surface area contributed by atoms with Crippen LogP contribution in [-0.4, -0.2) is 16.2 Å². The largest absolute Gasteiger partial charge is 0.507 e. The van der Waals surface area contributed by atoms with E-state index in [1.165, 1.54) is 24.4 Å². The smallest absolute Gasteiger partial charge is 0.270 e. The monoisotopic (exact) mass is 416 g/mol. The summed E-state index contributed by atoms with van der Waals surface area (Å²) in [7, 11) is 0. The van der Waals surface area contributed by atoms with Gasteiger partial charge in [0.25, 0.3) is 5.69 Å². The summed E-state index contributed by atoms with van der Waals surface area (Å²) in [5.74, 6) is 2.94. The van der Waals surface area contributed by atoms with Gasteiger partial charge in [0, 0.05) is 23.9 Å². The number of phenolic OH excluding ortho intramolecular Hbond substituents is 1. The fraction of sp³-hybridized carbons (Fsp3) is 0.125. The summed E-state index contributed by atoms with van der Waals surface area (Å²) in [4.78, 5) is 14.8. The van der Waals surface area contributed by atoms with Gasteiger partial charge in [-0.2, -0.15) is 0 Å². The summed E-state index contributed by atoms with van der Waals surface area (Å²) in [6.45, 7) is 3.80. The van der Waals surface area contributed by atoms with Crippen LogP contribution in [0.3, 0.4) is 0 Å². The number of benzene rings is 2. The van der Waals surface area contributed by atoms with Gasteiger partial charge in [0.15, 0.2) is 0 Å². The summed E-state index contributed by atoms with van der Waals surface area (Å²) in [6, 6.07) is 19.0. The highest BCUT2D eigenvalue weighted by Crippen LogP contribution is 2.35. The first-order chi connectivity index (χ1) is 14.9. The molecule has 0 aliphatic rings. The first-order valence-electron chi connectivity index (χ1n) is 9.65. The van der Waals surface area contributed by atoms with Gasteiger partial charge in [-0.25, -0.2) is 0 Å². The van der Waals surface area contributed by atoms with Crippen molar-refractivity contribution < 1.29 is 18.9 Å². The number of furan rings is 2. The van der Waals surface area contributed by atoms with Crippen molar-refractivity contribution in [3.8, 4) is 5.75 Å². The Labute approximate surface area is 178 Å². The summed E-state index contributed by atoms with van der Waals surface area (Å²) in [5, 5.41) is 20.9. The molecule has 0 radical (unpaired) electrons. The van der Waals surface area contributed by atoms with Crippen LogP contribution in [0.25, 0.3) is 0 Å². The Balaban J connectivity index is 1.63. The summed E-state index contributed by atoms with van der Waals surface area (Å²) in [5.41, 5.74) is 1.77. The molecule has 7 nitrogen and oxygen atoms in total. The van der Waals surface area contributed by atoms with Crippen LogP contribution >= 0.6 is 0 Å². The van der Waals surface area contributed by atoms with Crippen molar-refractivity contribution in [1.29, 1.82) is 0 Å². The maximum atomic E-state index is 10.9. The molecular weight excluding hydrogens is 396 g/mol. The van der Waals surface area contributed by atoms with E-state index in [9.17, 15) is 15.2 Å². The molecule has 0 unspecified atom stereocenters. The average Bonchev–Trinajstić information content (AvgIpc) is 3.37. The second-order valence-electron chi connectivity index (χ2n) is 7.18. The molecular formula is C24H20N2O5. The molecule has 0 saturated heterocycles. The predicted octanol–water partition coefficient (Wildman–Crippen LogP) is 6.03. The highest BCUT2D eigenvalue weighted by atomic mass is 16.6. The lowest BCUT2D eigenvalue weighted by Gasteiger charge is -2.13. The normalized spacial score (nSPS) is 11.5. The molecule has 4 rings (SSSR count). The third-order valence-corrected chi connectivity index (χ3v) is 4.89. The molecule has 2 heterocycles. The predicted molar refractivity (Wildman–Crippen MR) is 116 cm³/mol. The standard InChI is InChI=1S/C24H20N2O5/c1-15-3-11-22(30-15)24(23-12-4-16(2)31-23)17-5-7-19(8-6-17)25-14-18-13-20(26(28)29)9-10-21(18)27/h3-14,24,27H,1-2H3. The molecule has 0 aliphatic carbocycles. The minimum absolute atomic E-state index is 0.0765. The fourth-order valence-electron chi connectivity index (χ4n) is 3.34. The Bertz CT molecular complexity index is 1210. The van der Waals surface area contributed by atoms with E-state index in [1.807, 2.05) is 62.4 Å². The average molecular weight is 416 g/mol. The highest BCUT2D eigenvalue weighted by molar-refractivity contribution is 5.86. The lowest BCUT2D eigenvalue weighted by molar-refractivity contribution is -0.384. The number of aromatic hydroxyl groups is 1. The van der Waals surface area contributed by atoms with Gasteiger partial charge >= 0.3 is 0 Å². The Morgan fingerprint density at radius 1 is 0.935 bits per heavy atom. The van der Waals surface area contributed by atoms with Crippen molar-refractivity contribution in [3.63, 3.8) is 0 Å². The van der Waals surface area contributed by atoms with E-state index >= 15 is 0 Å². The third kappa shape index (κ3) is 4.40. The van der Waals surface area contributed by atoms with Crippen molar-refractivity contribution in [2.45, 2.75) is 19.8 Å². The highest BCUT2D eigenvalue weighted by Gasteiger charge is 2.23. The van der Waals surface area contributed by atoms with Crippen LogP contribution in [0.2, 0.25) is 0 Å². The van der Waals surface area contributed by atoms with E-state index in [2.05, 4.69) is 4.99 Å². The number of aliphatic imine (C=N–C) groups is 1. The van der Waals surface area contributed by atoms with Gasteiger partial charge in [0.2, 0.25) is 0 Å². The molecule has 156 valence electrons. The molecule has 7 heteroatoms. The van der Waals surface area contributed by atoms with E-state index in [1.54, 1.807) is 0 Å². The van der Waals surface area contributed by atoms with Crippen LogP contribution in [0.15, 0.2) is 80.6 Å². The zero-order chi connectivity index (χ0) is 22.0. The zero-order valence-corrected chi connectivity index (χ0v) is 17.0. The first-order valence-corrected chi connectivity index (χ1v) is 9.65. The number of nitrogens with zero attached hydrogens (tertiary/aromatic N) is 2.